The normalized spacial score (nSPS) is 37.7. The molecule has 3 aliphatic heterocycles. The van der Waals surface area contributed by atoms with Crippen molar-refractivity contribution in [3.05, 3.63) is 29.3 Å². The van der Waals surface area contributed by atoms with Gasteiger partial charge in [-0.25, -0.2) is 4.90 Å². The first-order valence-corrected chi connectivity index (χ1v) is 8.31. The zero-order chi connectivity index (χ0) is 19.9. The highest BCUT2D eigenvalue weighted by molar-refractivity contribution is 6.23. The fourth-order valence-corrected chi connectivity index (χ4v) is 4.78. The molecule has 1 N–H and O–H groups in total. The van der Waals surface area contributed by atoms with Gasteiger partial charge in [0.05, 0.1) is 46.4 Å². The standard InChI is InChI=1S/C18H15F3N2O4/c1-16-6-11(24)17(2,27-16)13-12(16)14(25)23(15(13)26)9-4-3-8(7-22)10(5-9)18(19,20)21/h3-5,11-13,24H,6H2,1-2H3/t11-,12?,13+,16+,17+/m0/s1. The molecular formula is C18H15F3N2O4. The monoisotopic (exact) mass is 380 g/mol. The van der Waals surface area contributed by atoms with E-state index in [2.05, 4.69) is 0 Å². The van der Waals surface area contributed by atoms with Crippen LogP contribution in [0.3, 0.4) is 0 Å². The van der Waals surface area contributed by atoms with Gasteiger partial charge in [-0.2, -0.15) is 18.4 Å². The van der Waals surface area contributed by atoms with Gasteiger partial charge >= 0.3 is 6.18 Å². The predicted molar refractivity (Wildman–Crippen MR) is 84.2 cm³/mol. The molecule has 2 amide bonds. The molecule has 3 heterocycles. The van der Waals surface area contributed by atoms with Gasteiger partial charge < -0.3 is 9.84 Å². The fraction of sp³-hybridized carbons (Fsp3) is 0.500. The van der Waals surface area contributed by atoms with Crippen molar-refractivity contribution < 1.29 is 32.6 Å². The number of aliphatic hydroxyl groups is 1. The third-order valence-electron chi connectivity index (χ3n) is 5.98. The first kappa shape index (κ1) is 17.9. The summed E-state index contributed by atoms with van der Waals surface area (Å²) in [5, 5.41) is 19.2. The molecule has 0 aliphatic carbocycles. The average molecular weight is 380 g/mol. The van der Waals surface area contributed by atoms with Crippen molar-refractivity contribution in [3.63, 3.8) is 0 Å². The third kappa shape index (κ3) is 2.14. The zero-order valence-electron chi connectivity index (χ0n) is 14.4. The number of alkyl halides is 3. The lowest BCUT2D eigenvalue weighted by Crippen LogP contribution is -2.49. The molecule has 27 heavy (non-hydrogen) atoms. The lowest BCUT2D eigenvalue weighted by Gasteiger charge is -2.31. The van der Waals surface area contributed by atoms with Crippen LogP contribution in [0.2, 0.25) is 0 Å². The molecule has 0 saturated carbocycles. The van der Waals surface area contributed by atoms with Crippen LogP contribution in [0.4, 0.5) is 18.9 Å². The van der Waals surface area contributed by atoms with E-state index in [0.717, 1.165) is 17.0 Å². The van der Waals surface area contributed by atoms with Crippen LogP contribution in [0.25, 0.3) is 0 Å². The first-order valence-electron chi connectivity index (χ1n) is 8.31. The summed E-state index contributed by atoms with van der Waals surface area (Å²) in [6.45, 7) is 3.17. The maximum Gasteiger partial charge on any atom is 0.417 e. The number of anilines is 1. The molecule has 3 saturated heterocycles. The van der Waals surface area contributed by atoms with E-state index in [-0.39, 0.29) is 12.1 Å². The highest BCUT2D eigenvalue weighted by Crippen LogP contribution is 2.61. The number of carbonyl (C=O) groups excluding carboxylic acids is 2. The Kier molecular flexibility index (Phi) is 3.38. The Bertz CT molecular complexity index is 924. The molecule has 9 heteroatoms. The molecule has 142 valence electrons. The molecule has 5 atom stereocenters. The number of benzene rings is 1. The molecule has 3 fully saturated rings. The van der Waals surface area contributed by atoms with E-state index in [0.29, 0.717) is 6.07 Å². The van der Waals surface area contributed by atoms with Gasteiger partial charge in [0.25, 0.3) is 0 Å². The van der Waals surface area contributed by atoms with Crippen LogP contribution in [0.1, 0.15) is 31.4 Å². The Morgan fingerprint density at radius 3 is 2.48 bits per heavy atom. The van der Waals surface area contributed by atoms with Gasteiger partial charge in [0.2, 0.25) is 11.8 Å². The number of hydrogen-bond donors (Lipinski definition) is 1. The van der Waals surface area contributed by atoms with E-state index in [4.69, 9.17) is 10.00 Å². The highest BCUT2D eigenvalue weighted by atomic mass is 19.4. The van der Waals surface area contributed by atoms with Crippen molar-refractivity contribution in [2.75, 3.05) is 4.90 Å². The van der Waals surface area contributed by atoms with Crippen molar-refractivity contribution in [2.45, 2.75) is 43.8 Å². The Hall–Kier alpha value is -2.44. The number of imide groups is 1. The second kappa shape index (κ2) is 5.09. The molecule has 0 aromatic heterocycles. The number of nitriles is 1. The Morgan fingerprint density at radius 2 is 1.89 bits per heavy atom. The predicted octanol–water partition coefficient (Wildman–Crippen LogP) is 1.99. The number of carbonyl (C=O) groups is 2. The van der Waals surface area contributed by atoms with E-state index in [9.17, 15) is 27.9 Å². The lowest BCUT2D eigenvalue weighted by atomic mass is 9.67. The number of rotatable bonds is 1. The van der Waals surface area contributed by atoms with Gasteiger partial charge in [0.15, 0.2) is 0 Å². The van der Waals surface area contributed by atoms with Crippen LogP contribution in [-0.4, -0.2) is 34.2 Å². The topological polar surface area (TPSA) is 90.6 Å². The molecule has 1 aromatic rings. The molecule has 1 aromatic carbocycles. The number of fused-ring (bicyclic) bond motifs is 5. The number of hydrogen-bond acceptors (Lipinski definition) is 5. The van der Waals surface area contributed by atoms with Gasteiger partial charge in [-0.1, -0.05) is 0 Å². The quantitative estimate of drug-likeness (QED) is 0.753. The molecule has 4 rings (SSSR count). The second-order valence-corrected chi connectivity index (χ2v) is 7.63. The summed E-state index contributed by atoms with van der Waals surface area (Å²) in [6, 6.07) is 4.19. The van der Waals surface area contributed by atoms with E-state index < -0.39 is 58.3 Å². The molecule has 2 bridgehead atoms. The minimum Gasteiger partial charge on any atom is -0.390 e. The molecule has 6 nitrogen and oxygen atoms in total. The molecule has 3 aliphatic rings. The summed E-state index contributed by atoms with van der Waals surface area (Å²) in [7, 11) is 0. The SMILES string of the molecule is C[C@@]12O[C@](C)(C[C@@H]1O)C1C(=O)N(c3ccc(C#N)c(C(F)(F)F)c3)C(=O)[C@@H]12. The van der Waals surface area contributed by atoms with E-state index in [1.165, 1.54) is 6.07 Å². The van der Waals surface area contributed by atoms with E-state index >= 15 is 0 Å². The van der Waals surface area contributed by atoms with Crippen molar-refractivity contribution >= 4 is 17.5 Å². The van der Waals surface area contributed by atoms with Crippen molar-refractivity contribution in [1.29, 1.82) is 5.26 Å². The van der Waals surface area contributed by atoms with Crippen LogP contribution in [0.15, 0.2) is 18.2 Å². The molecule has 0 spiro atoms. The van der Waals surface area contributed by atoms with Crippen molar-refractivity contribution in [2.24, 2.45) is 11.8 Å². The number of halogens is 3. The summed E-state index contributed by atoms with van der Waals surface area (Å²) >= 11 is 0. The maximum atomic E-state index is 13.2. The number of amides is 2. The minimum absolute atomic E-state index is 0.165. The summed E-state index contributed by atoms with van der Waals surface area (Å²) in [4.78, 5) is 26.6. The Balaban J connectivity index is 1.81. The van der Waals surface area contributed by atoms with Crippen LogP contribution in [0, 0.1) is 23.2 Å². The van der Waals surface area contributed by atoms with Crippen LogP contribution in [0.5, 0.6) is 0 Å². The Labute approximate surface area is 152 Å². The summed E-state index contributed by atoms with van der Waals surface area (Å²) in [6.07, 6.45) is -5.59. The molecular weight excluding hydrogens is 365 g/mol. The molecule has 1 unspecified atom stereocenters. The second-order valence-electron chi connectivity index (χ2n) is 7.63. The van der Waals surface area contributed by atoms with Crippen molar-refractivity contribution in [1.82, 2.24) is 0 Å². The van der Waals surface area contributed by atoms with Crippen LogP contribution >= 0.6 is 0 Å². The zero-order valence-corrected chi connectivity index (χ0v) is 14.4. The third-order valence-corrected chi connectivity index (χ3v) is 5.98. The number of nitrogens with zero attached hydrogens (tertiary/aromatic N) is 2. The molecule has 0 radical (unpaired) electrons. The average Bonchev–Trinajstić information content (AvgIpc) is 3.07. The van der Waals surface area contributed by atoms with Crippen molar-refractivity contribution in [3.8, 4) is 6.07 Å². The van der Waals surface area contributed by atoms with Gasteiger partial charge in [-0.05, 0) is 32.0 Å². The van der Waals surface area contributed by atoms with Gasteiger partial charge in [0.1, 0.15) is 5.60 Å². The van der Waals surface area contributed by atoms with Gasteiger partial charge in [0, 0.05) is 6.42 Å². The van der Waals surface area contributed by atoms with Crippen LogP contribution < -0.4 is 4.90 Å². The number of aliphatic hydroxyl groups excluding tert-OH is 1. The Morgan fingerprint density at radius 1 is 1.26 bits per heavy atom. The van der Waals surface area contributed by atoms with Gasteiger partial charge in [-0.15, -0.1) is 0 Å². The highest BCUT2D eigenvalue weighted by Gasteiger charge is 2.75. The fourth-order valence-electron chi connectivity index (χ4n) is 4.78. The largest absolute Gasteiger partial charge is 0.417 e. The first-order chi connectivity index (χ1) is 12.4. The van der Waals surface area contributed by atoms with Gasteiger partial charge in [-0.3, -0.25) is 9.59 Å². The smallest absolute Gasteiger partial charge is 0.390 e. The lowest BCUT2D eigenvalue weighted by molar-refractivity contribution is -0.138. The summed E-state index contributed by atoms with van der Waals surface area (Å²) in [5.41, 5.74) is -4.37. The minimum atomic E-state index is -4.81. The maximum absolute atomic E-state index is 13.2. The van der Waals surface area contributed by atoms with E-state index in [1.54, 1.807) is 13.8 Å². The summed E-state index contributed by atoms with van der Waals surface area (Å²) in [5.74, 6) is -3.19. The van der Waals surface area contributed by atoms with E-state index in [1.807, 2.05) is 0 Å². The number of ether oxygens (including phenoxy) is 1. The van der Waals surface area contributed by atoms with Crippen LogP contribution in [-0.2, 0) is 20.5 Å². The summed E-state index contributed by atoms with van der Waals surface area (Å²) < 4.78 is 45.6.